The lowest BCUT2D eigenvalue weighted by Gasteiger charge is -2.16. The highest BCUT2D eigenvalue weighted by molar-refractivity contribution is 9.10. The van der Waals surface area contributed by atoms with E-state index in [2.05, 4.69) is 39.1 Å². The number of aromatic nitrogens is 1. The second kappa shape index (κ2) is 5.11. The molecule has 1 aromatic carbocycles. The fourth-order valence-electron chi connectivity index (χ4n) is 2.35. The number of fused-ring (bicyclic) bond motifs is 1. The Morgan fingerprint density at radius 3 is 2.72 bits per heavy atom. The monoisotopic (exact) mass is 303 g/mol. The third kappa shape index (κ3) is 2.41. The van der Waals surface area contributed by atoms with E-state index < -0.39 is 0 Å². The van der Waals surface area contributed by atoms with Crippen LogP contribution in [0.4, 0.5) is 0 Å². The van der Waals surface area contributed by atoms with Gasteiger partial charge in [-0.3, -0.25) is 4.98 Å². The maximum Gasteiger partial charge on any atom is 0.144 e. The smallest absolute Gasteiger partial charge is 0.144 e. The predicted octanol–water partition coefficient (Wildman–Crippen LogP) is 4.52. The van der Waals surface area contributed by atoms with Crippen molar-refractivity contribution in [2.45, 2.75) is 25.7 Å². The zero-order valence-corrected chi connectivity index (χ0v) is 11.6. The molecule has 3 rings (SSSR count). The summed E-state index contributed by atoms with van der Waals surface area (Å²) in [6, 6.07) is 8.28. The van der Waals surface area contributed by atoms with E-state index in [-0.39, 0.29) is 0 Å². The van der Waals surface area contributed by atoms with Gasteiger partial charge in [0.1, 0.15) is 11.5 Å². The van der Waals surface area contributed by atoms with Crippen LogP contribution < -0.4 is 4.74 Å². The predicted molar refractivity (Wildman–Crippen MR) is 75.1 cm³/mol. The van der Waals surface area contributed by atoms with Gasteiger partial charge in [0.15, 0.2) is 0 Å². The number of halogens is 1. The topological polar surface area (TPSA) is 22.1 Å². The fraction of sp³-hybridized carbons (Fsp3) is 0.267. The van der Waals surface area contributed by atoms with E-state index in [4.69, 9.17) is 4.74 Å². The Labute approximate surface area is 115 Å². The summed E-state index contributed by atoms with van der Waals surface area (Å²) in [4.78, 5) is 4.03. The van der Waals surface area contributed by atoms with Crippen molar-refractivity contribution >= 4 is 15.9 Å². The third-order valence-corrected chi connectivity index (χ3v) is 3.88. The van der Waals surface area contributed by atoms with Crippen LogP contribution in [0.1, 0.15) is 24.0 Å². The summed E-state index contributed by atoms with van der Waals surface area (Å²) in [5.41, 5.74) is 2.91. The Morgan fingerprint density at radius 1 is 1.06 bits per heavy atom. The molecule has 3 heteroatoms. The molecule has 1 heterocycles. The van der Waals surface area contributed by atoms with Crippen LogP contribution in [-0.4, -0.2) is 4.98 Å². The van der Waals surface area contributed by atoms with E-state index in [0.29, 0.717) is 0 Å². The van der Waals surface area contributed by atoms with E-state index in [1.165, 1.54) is 36.8 Å². The molecule has 0 radical (unpaired) electrons. The van der Waals surface area contributed by atoms with Crippen LogP contribution in [0, 0.1) is 0 Å². The van der Waals surface area contributed by atoms with E-state index in [1.54, 1.807) is 12.4 Å². The second-order valence-electron chi connectivity index (χ2n) is 4.55. The molecule has 92 valence electrons. The van der Waals surface area contributed by atoms with Gasteiger partial charge in [0.25, 0.3) is 0 Å². The maximum atomic E-state index is 5.89. The molecule has 0 saturated carbocycles. The summed E-state index contributed by atoms with van der Waals surface area (Å²) >= 11 is 3.44. The Balaban J connectivity index is 1.87. The highest BCUT2D eigenvalue weighted by Gasteiger charge is 2.10. The lowest BCUT2D eigenvalue weighted by molar-refractivity contribution is 0.477. The standard InChI is InChI=1S/C15H14BrNO/c16-14-10-17-8-7-15(14)18-13-6-5-11-3-1-2-4-12(11)9-13/h5-10H,1-4H2. The SMILES string of the molecule is Brc1cnccc1Oc1ccc2c(c1)CCCC2. The molecule has 0 unspecified atom stereocenters. The minimum atomic E-state index is 0.806. The first-order chi connectivity index (χ1) is 8.83. The highest BCUT2D eigenvalue weighted by atomic mass is 79.9. The molecule has 0 atom stereocenters. The van der Waals surface area contributed by atoms with Gasteiger partial charge in [-0.25, -0.2) is 0 Å². The molecule has 2 nitrogen and oxygen atoms in total. The molecule has 0 aliphatic heterocycles. The molecular weight excluding hydrogens is 290 g/mol. The van der Waals surface area contributed by atoms with Crippen molar-refractivity contribution in [1.82, 2.24) is 4.98 Å². The van der Waals surface area contributed by atoms with E-state index in [1.807, 2.05) is 6.07 Å². The largest absolute Gasteiger partial charge is 0.456 e. The molecular formula is C15H14BrNO. The molecule has 1 aliphatic rings. The zero-order chi connectivity index (χ0) is 12.4. The molecule has 18 heavy (non-hydrogen) atoms. The van der Waals surface area contributed by atoms with Crippen LogP contribution >= 0.6 is 15.9 Å². The minimum Gasteiger partial charge on any atom is -0.456 e. The summed E-state index contributed by atoms with van der Waals surface area (Å²) in [7, 11) is 0. The molecule has 0 bridgehead atoms. The summed E-state index contributed by atoms with van der Waals surface area (Å²) in [6.45, 7) is 0. The van der Waals surface area contributed by atoms with Crippen molar-refractivity contribution in [2.75, 3.05) is 0 Å². The summed E-state index contributed by atoms with van der Waals surface area (Å²) in [5, 5.41) is 0. The number of hydrogen-bond donors (Lipinski definition) is 0. The average molecular weight is 304 g/mol. The molecule has 0 N–H and O–H groups in total. The van der Waals surface area contributed by atoms with E-state index in [0.717, 1.165) is 16.0 Å². The number of pyridine rings is 1. The first-order valence-electron chi connectivity index (χ1n) is 6.22. The van der Waals surface area contributed by atoms with Gasteiger partial charge in [-0.1, -0.05) is 6.07 Å². The van der Waals surface area contributed by atoms with Crippen molar-refractivity contribution in [1.29, 1.82) is 0 Å². The normalized spacial score (nSPS) is 14.1. The Morgan fingerprint density at radius 2 is 1.89 bits per heavy atom. The molecule has 1 aromatic heterocycles. The summed E-state index contributed by atoms with van der Waals surface area (Å²) < 4.78 is 6.77. The quantitative estimate of drug-likeness (QED) is 0.814. The minimum absolute atomic E-state index is 0.806. The van der Waals surface area contributed by atoms with Crippen molar-refractivity contribution in [3.8, 4) is 11.5 Å². The van der Waals surface area contributed by atoms with Gasteiger partial charge >= 0.3 is 0 Å². The molecule has 2 aromatic rings. The fourth-order valence-corrected chi connectivity index (χ4v) is 2.68. The highest BCUT2D eigenvalue weighted by Crippen LogP contribution is 2.31. The second-order valence-corrected chi connectivity index (χ2v) is 5.40. The van der Waals surface area contributed by atoms with Gasteiger partial charge < -0.3 is 4.74 Å². The van der Waals surface area contributed by atoms with Gasteiger partial charge in [-0.05, 0) is 64.9 Å². The Hall–Kier alpha value is -1.35. The van der Waals surface area contributed by atoms with E-state index in [9.17, 15) is 0 Å². The number of rotatable bonds is 2. The molecule has 1 aliphatic carbocycles. The number of hydrogen-bond acceptors (Lipinski definition) is 2. The number of ether oxygens (including phenoxy) is 1. The van der Waals surface area contributed by atoms with Crippen molar-refractivity contribution in [2.24, 2.45) is 0 Å². The lowest BCUT2D eigenvalue weighted by Crippen LogP contribution is -2.02. The van der Waals surface area contributed by atoms with Gasteiger partial charge in [-0.2, -0.15) is 0 Å². The Kier molecular flexibility index (Phi) is 3.33. The Bertz CT molecular complexity index is 568. The van der Waals surface area contributed by atoms with Crippen LogP contribution in [0.5, 0.6) is 11.5 Å². The number of nitrogens with zero attached hydrogens (tertiary/aromatic N) is 1. The summed E-state index contributed by atoms with van der Waals surface area (Å²) in [6.07, 6.45) is 8.45. The average Bonchev–Trinajstić information content (AvgIpc) is 2.41. The first-order valence-corrected chi connectivity index (χ1v) is 7.01. The van der Waals surface area contributed by atoms with E-state index >= 15 is 0 Å². The maximum absolute atomic E-state index is 5.89. The van der Waals surface area contributed by atoms with Crippen LogP contribution in [-0.2, 0) is 12.8 Å². The lowest BCUT2D eigenvalue weighted by atomic mass is 9.92. The van der Waals surface area contributed by atoms with Crippen LogP contribution in [0.3, 0.4) is 0 Å². The van der Waals surface area contributed by atoms with Crippen LogP contribution in [0.25, 0.3) is 0 Å². The van der Waals surface area contributed by atoms with Gasteiger partial charge in [0.2, 0.25) is 0 Å². The van der Waals surface area contributed by atoms with Gasteiger partial charge in [-0.15, -0.1) is 0 Å². The van der Waals surface area contributed by atoms with Crippen LogP contribution in [0.2, 0.25) is 0 Å². The molecule has 0 spiro atoms. The third-order valence-electron chi connectivity index (χ3n) is 3.28. The molecule has 0 saturated heterocycles. The first kappa shape index (κ1) is 11.7. The van der Waals surface area contributed by atoms with Crippen molar-refractivity contribution < 1.29 is 4.74 Å². The van der Waals surface area contributed by atoms with Crippen molar-refractivity contribution in [3.05, 3.63) is 52.3 Å². The number of aryl methyl sites for hydroxylation is 2. The number of benzene rings is 1. The van der Waals surface area contributed by atoms with Gasteiger partial charge in [0, 0.05) is 18.5 Å². The molecule has 0 fully saturated rings. The van der Waals surface area contributed by atoms with Crippen molar-refractivity contribution in [3.63, 3.8) is 0 Å². The summed E-state index contributed by atoms with van der Waals surface area (Å²) in [5.74, 6) is 1.71. The van der Waals surface area contributed by atoms with Crippen LogP contribution in [0.15, 0.2) is 41.1 Å². The zero-order valence-electron chi connectivity index (χ0n) is 10.0. The molecule has 0 amide bonds. The van der Waals surface area contributed by atoms with Gasteiger partial charge in [0.05, 0.1) is 4.47 Å².